The molecule has 1 N–H and O–H groups in total. The number of rotatable bonds is 4. The molecule has 0 aliphatic carbocycles. The highest BCUT2D eigenvalue weighted by molar-refractivity contribution is 9.10. The van der Waals surface area contributed by atoms with Crippen LogP contribution >= 0.6 is 15.9 Å². The third kappa shape index (κ3) is 3.17. The first kappa shape index (κ1) is 14.5. The Kier molecular flexibility index (Phi) is 4.39. The van der Waals surface area contributed by atoms with Crippen LogP contribution in [0.2, 0.25) is 0 Å². The number of hydrogen-bond acceptors (Lipinski definition) is 2. The maximum Gasteiger partial charge on any atom is 0.260 e. The fourth-order valence-corrected chi connectivity index (χ4v) is 2.38. The van der Waals surface area contributed by atoms with Gasteiger partial charge in [0.15, 0.2) is 0 Å². The number of hydrogen-bond donors (Lipinski definition) is 1. The number of aromatic nitrogens is 1. The van der Waals surface area contributed by atoms with Crippen LogP contribution in [0.25, 0.3) is 5.70 Å². The normalized spacial score (nSPS) is 10.3. The zero-order chi connectivity index (χ0) is 14.7. The molecule has 0 unspecified atom stereocenters. The lowest BCUT2D eigenvalue weighted by Crippen LogP contribution is -2.25. The summed E-state index contributed by atoms with van der Waals surface area (Å²) in [5, 5.41) is 2.86. The standard InChI is InChI=1S/C15H14BrFN2O/c1-10(18-2)14-7-12(16)9-19(15(14)20)8-11-4-3-5-13(17)6-11/h3-7,9,18H,1,8H2,2H3. The maximum atomic E-state index is 13.2. The molecule has 2 aromatic rings. The summed E-state index contributed by atoms with van der Waals surface area (Å²) < 4.78 is 15.5. The van der Waals surface area contributed by atoms with Crippen molar-refractivity contribution in [2.24, 2.45) is 0 Å². The van der Waals surface area contributed by atoms with Crippen molar-refractivity contribution in [3.05, 3.63) is 74.9 Å². The SMILES string of the molecule is C=C(NC)c1cc(Br)cn(Cc2cccc(F)c2)c1=O. The molecule has 0 spiro atoms. The molecule has 0 saturated heterocycles. The lowest BCUT2D eigenvalue weighted by molar-refractivity contribution is 0.622. The summed E-state index contributed by atoms with van der Waals surface area (Å²) in [5.74, 6) is -0.314. The molecule has 20 heavy (non-hydrogen) atoms. The zero-order valence-corrected chi connectivity index (χ0v) is 12.6. The molecule has 0 radical (unpaired) electrons. The van der Waals surface area contributed by atoms with Crippen LogP contribution in [0.5, 0.6) is 0 Å². The van der Waals surface area contributed by atoms with E-state index < -0.39 is 0 Å². The minimum atomic E-state index is -0.314. The van der Waals surface area contributed by atoms with Gasteiger partial charge in [-0.1, -0.05) is 18.7 Å². The van der Waals surface area contributed by atoms with Gasteiger partial charge < -0.3 is 9.88 Å². The van der Waals surface area contributed by atoms with Gasteiger partial charge in [-0.25, -0.2) is 4.39 Å². The predicted octanol–water partition coefficient (Wildman–Crippen LogP) is 2.99. The van der Waals surface area contributed by atoms with Gasteiger partial charge in [-0.15, -0.1) is 0 Å². The van der Waals surface area contributed by atoms with Gasteiger partial charge in [-0.05, 0) is 39.7 Å². The van der Waals surface area contributed by atoms with E-state index in [1.165, 1.54) is 16.7 Å². The lowest BCUT2D eigenvalue weighted by atomic mass is 10.2. The molecule has 0 fully saturated rings. The molecule has 0 bridgehead atoms. The Bertz CT molecular complexity index is 709. The summed E-state index contributed by atoms with van der Waals surface area (Å²) in [6, 6.07) is 7.91. The zero-order valence-electron chi connectivity index (χ0n) is 11.0. The van der Waals surface area contributed by atoms with E-state index in [1.54, 1.807) is 31.4 Å². The summed E-state index contributed by atoms with van der Waals surface area (Å²) >= 11 is 3.37. The van der Waals surface area contributed by atoms with Gasteiger partial charge in [0.25, 0.3) is 5.56 Å². The third-order valence-electron chi connectivity index (χ3n) is 2.92. The molecule has 0 saturated carbocycles. The Morgan fingerprint density at radius 3 is 2.85 bits per heavy atom. The van der Waals surface area contributed by atoms with Crippen LogP contribution in [0.15, 0.2) is 52.4 Å². The maximum absolute atomic E-state index is 13.2. The number of halogens is 2. The number of nitrogens with one attached hydrogen (secondary N) is 1. The molecule has 5 heteroatoms. The van der Waals surface area contributed by atoms with Crippen LogP contribution in [-0.2, 0) is 6.54 Å². The summed E-state index contributed by atoms with van der Waals surface area (Å²) in [7, 11) is 1.71. The van der Waals surface area contributed by atoms with Crippen molar-refractivity contribution >= 4 is 21.6 Å². The van der Waals surface area contributed by atoms with E-state index in [0.29, 0.717) is 17.8 Å². The fraction of sp³-hybridized carbons (Fsp3) is 0.133. The molecule has 2 rings (SSSR count). The second-order valence-electron chi connectivity index (χ2n) is 4.36. The Labute approximate surface area is 124 Å². The Hall–Kier alpha value is -1.88. The van der Waals surface area contributed by atoms with Gasteiger partial charge >= 0.3 is 0 Å². The molecule has 1 aromatic heterocycles. The summed E-state index contributed by atoms with van der Waals surface area (Å²) in [6.45, 7) is 4.11. The minimum Gasteiger partial charge on any atom is -0.388 e. The van der Waals surface area contributed by atoms with E-state index in [9.17, 15) is 9.18 Å². The van der Waals surface area contributed by atoms with Crippen molar-refractivity contribution in [2.75, 3.05) is 7.05 Å². The van der Waals surface area contributed by atoms with Crippen LogP contribution in [0.3, 0.4) is 0 Å². The summed E-state index contributed by atoms with van der Waals surface area (Å²) in [6.07, 6.45) is 1.68. The van der Waals surface area contributed by atoms with Crippen molar-refractivity contribution in [2.45, 2.75) is 6.54 Å². The molecular formula is C15H14BrFN2O. The van der Waals surface area contributed by atoms with Crippen molar-refractivity contribution < 1.29 is 4.39 Å². The second kappa shape index (κ2) is 6.05. The average molecular weight is 337 g/mol. The van der Waals surface area contributed by atoms with Gasteiger partial charge in [0.05, 0.1) is 12.1 Å². The Morgan fingerprint density at radius 1 is 1.45 bits per heavy atom. The van der Waals surface area contributed by atoms with E-state index in [-0.39, 0.29) is 11.4 Å². The predicted molar refractivity (Wildman–Crippen MR) is 82.0 cm³/mol. The van der Waals surface area contributed by atoms with Crippen molar-refractivity contribution in [3.63, 3.8) is 0 Å². The molecule has 0 aliphatic rings. The van der Waals surface area contributed by atoms with Crippen LogP contribution in [0, 0.1) is 5.82 Å². The van der Waals surface area contributed by atoms with Gasteiger partial charge in [0, 0.05) is 23.4 Å². The second-order valence-corrected chi connectivity index (χ2v) is 5.28. The smallest absolute Gasteiger partial charge is 0.260 e. The van der Waals surface area contributed by atoms with Gasteiger partial charge in [0.2, 0.25) is 0 Å². The van der Waals surface area contributed by atoms with Crippen molar-refractivity contribution in [1.82, 2.24) is 9.88 Å². The van der Waals surface area contributed by atoms with Crippen molar-refractivity contribution in [1.29, 1.82) is 0 Å². The topological polar surface area (TPSA) is 34.0 Å². The lowest BCUT2D eigenvalue weighted by Gasteiger charge is -2.11. The number of benzene rings is 1. The minimum absolute atomic E-state index is 0.170. The summed E-state index contributed by atoms with van der Waals surface area (Å²) in [4.78, 5) is 12.4. The Morgan fingerprint density at radius 2 is 2.20 bits per heavy atom. The fourth-order valence-electron chi connectivity index (χ4n) is 1.90. The highest BCUT2D eigenvalue weighted by Gasteiger charge is 2.09. The largest absolute Gasteiger partial charge is 0.388 e. The number of nitrogens with zero attached hydrogens (tertiary/aromatic N) is 1. The molecule has 1 heterocycles. The highest BCUT2D eigenvalue weighted by atomic mass is 79.9. The van der Waals surface area contributed by atoms with Crippen LogP contribution in [-0.4, -0.2) is 11.6 Å². The monoisotopic (exact) mass is 336 g/mol. The van der Waals surface area contributed by atoms with Gasteiger partial charge in [-0.2, -0.15) is 0 Å². The first-order valence-electron chi connectivity index (χ1n) is 6.02. The average Bonchev–Trinajstić information content (AvgIpc) is 2.41. The van der Waals surface area contributed by atoms with Crippen LogP contribution in [0.4, 0.5) is 4.39 Å². The summed E-state index contributed by atoms with van der Waals surface area (Å²) in [5.41, 5.74) is 1.59. The molecule has 104 valence electrons. The Balaban J connectivity index is 2.45. The van der Waals surface area contributed by atoms with E-state index >= 15 is 0 Å². The van der Waals surface area contributed by atoms with E-state index in [1.807, 2.05) is 0 Å². The van der Waals surface area contributed by atoms with Crippen molar-refractivity contribution in [3.8, 4) is 0 Å². The van der Waals surface area contributed by atoms with Crippen LogP contribution in [0.1, 0.15) is 11.1 Å². The molecule has 3 nitrogen and oxygen atoms in total. The van der Waals surface area contributed by atoms with E-state index in [2.05, 4.69) is 27.8 Å². The molecular weight excluding hydrogens is 323 g/mol. The highest BCUT2D eigenvalue weighted by Crippen LogP contribution is 2.14. The van der Waals surface area contributed by atoms with E-state index in [4.69, 9.17) is 0 Å². The molecule has 0 amide bonds. The molecule has 1 aromatic carbocycles. The van der Waals surface area contributed by atoms with Gasteiger partial charge in [-0.3, -0.25) is 4.79 Å². The molecule has 0 aliphatic heterocycles. The van der Waals surface area contributed by atoms with E-state index in [0.717, 1.165) is 10.0 Å². The van der Waals surface area contributed by atoms with Gasteiger partial charge in [0.1, 0.15) is 5.82 Å². The van der Waals surface area contributed by atoms with Crippen LogP contribution < -0.4 is 10.9 Å². The quantitative estimate of drug-likeness (QED) is 0.931. The number of pyridine rings is 1. The molecule has 0 atom stereocenters. The first-order valence-corrected chi connectivity index (χ1v) is 6.82. The first-order chi connectivity index (χ1) is 9.51. The third-order valence-corrected chi connectivity index (χ3v) is 3.36.